The van der Waals surface area contributed by atoms with Crippen LogP contribution in [0.1, 0.15) is 23.2 Å². The monoisotopic (exact) mass is 544 g/mol. The fourth-order valence-corrected chi connectivity index (χ4v) is 4.23. The molecule has 1 amide bonds. The van der Waals surface area contributed by atoms with Crippen molar-refractivity contribution < 1.29 is 40.2 Å². The van der Waals surface area contributed by atoms with Crippen LogP contribution in [-0.2, 0) is 10.0 Å². The van der Waals surface area contributed by atoms with Crippen LogP contribution in [0, 0.1) is 5.82 Å². The Morgan fingerprint density at radius 3 is 2.44 bits per heavy atom. The van der Waals surface area contributed by atoms with E-state index in [1.807, 2.05) is 4.90 Å². The van der Waals surface area contributed by atoms with E-state index in [2.05, 4.69) is 4.74 Å². The zero-order valence-corrected chi connectivity index (χ0v) is 19.8. The highest BCUT2D eigenvalue weighted by Gasteiger charge is 2.32. The highest BCUT2D eigenvalue weighted by molar-refractivity contribution is 7.89. The van der Waals surface area contributed by atoms with E-state index in [9.17, 15) is 30.8 Å². The summed E-state index contributed by atoms with van der Waals surface area (Å²) in [7, 11) is -3.90. The van der Waals surface area contributed by atoms with Gasteiger partial charge in [0, 0.05) is 18.3 Å². The third-order valence-electron chi connectivity index (χ3n) is 4.72. The summed E-state index contributed by atoms with van der Waals surface area (Å²) in [4.78, 5) is 13.8. The molecular formula is C20H18Cl2F4N2O5S. The van der Waals surface area contributed by atoms with Gasteiger partial charge in [0.25, 0.3) is 5.91 Å². The molecule has 0 saturated carbocycles. The number of halogens is 6. The maximum Gasteiger partial charge on any atom is 0.573 e. The van der Waals surface area contributed by atoms with Crippen LogP contribution in [0.5, 0.6) is 11.5 Å². The van der Waals surface area contributed by atoms with Crippen LogP contribution < -0.4 is 19.1 Å². The first-order chi connectivity index (χ1) is 15.7. The number of hydrogen-bond donors (Lipinski definition) is 1. The van der Waals surface area contributed by atoms with Crippen molar-refractivity contribution in [2.45, 2.75) is 25.3 Å². The van der Waals surface area contributed by atoms with E-state index >= 15 is 0 Å². The fraction of sp³-hybridized carbons (Fsp3) is 0.350. The third-order valence-corrected chi connectivity index (χ3v) is 5.87. The zero-order valence-electron chi connectivity index (χ0n) is 17.5. The van der Waals surface area contributed by atoms with Gasteiger partial charge in [-0.2, -0.15) is 0 Å². The molecule has 0 unspecified atom stereocenters. The Bertz CT molecular complexity index is 1190. The summed E-state index contributed by atoms with van der Waals surface area (Å²) >= 11 is 12.0. The topological polar surface area (TPSA) is 84.9 Å². The first kappa shape index (κ1) is 26.2. The van der Waals surface area contributed by atoms with Gasteiger partial charge in [0.15, 0.2) is 0 Å². The van der Waals surface area contributed by atoms with Crippen molar-refractivity contribution in [1.29, 1.82) is 0 Å². The van der Waals surface area contributed by atoms with Gasteiger partial charge in [-0.3, -0.25) is 4.79 Å². The standard InChI is InChI=1S/C20H18Cl2F4N2O5S/c1-34(30,31)27-19(29)13-8-15(22)18(9-16(13)23)32-12-3-2-6-28(10-12)11-4-5-17(14(21)7-11)33-20(24,25)26/h4-5,7-9,12H,2-3,6,10H2,1H3,(H,27,29)/t12-/m1/s1. The number of nitrogens with zero attached hydrogens (tertiary/aromatic N) is 1. The smallest absolute Gasteiger partial charge is 0.487 e. The molecule has 1 saturated heterocycles. The van der Waals surface area contributed by atoms with Gasteiger partial charge in [0.05, 0.1) is 28.4 Å². The Morgan fingerprint density at radius 1 is 1.15 bits per heavy atom. The first-order valence-corrected chi connectivity index (χ1v) is 12.3. The maximum atomic E-state index is 14.4. The molecule has 1 aliphatic heterocycles. The Balaban J connectivity index is 1.72. The molecule has 0 aliphatic carbocycles. The molecule has 7 nitrogen and oxygen atoms in total. The summed E-state index contributed by atoms with van der Waals surface area (Å²) < 4.78 is 85.5. The van der Waals surface area contributed by atoms with E-state index in [-0.39, 0.29) is 15.8 Å². The Hall–Kier alpha value is -2.44. The average molecular weight is 545 g/mol. The van der Waals surface area contributed by atoms with Crippen molar-refractivity contribution in [3.8, 4) is 11.5 Å². The summed E-state index contributed by atoms with van der Waals surface area (Å²) in [6, 6.07) is 5.73. The molecule has 186 valence electrons. The second-order valence-corrected chi connectivity index (χ2v) is 10.0. The number of alkyl halides is 3. The van der Waals surface area contributed by atoms with E-state index < -0.39 is 45.5 Å². The Morgan fingerprint density at radius 2 is 1.82 bits per heavy atom. The lowest BCUT2D eigenvalue weighted by atomic mass is 10.1. The lowest BCUT2D eigenvalue weighted by Gasteiger charge is -2.34. The summed E-state index contributed by atoms with van der Waals surface area (Å²) in [5.41, 5.74) is -0.0262. The molecule has 0 aromatic heterocycles. The van der Waals surface area contributed by atoms with Crippen LogP contribution in [-0.4, -0.2) is 46.1 Å². The number of carbonyl (C=O) groups excluding carboxylic acids is 1. The fourth-order valence-electron chi connectivity index (χ4n) is 3.36. The molecule has 1 heterocycles. The predicted molar refractivity (Wildman–Crippen MR) is 118 cm³/mol. The van der Waals surface area contributed by atoms with Crippen LogP contribution in [0.25, 0.3) is 0 Å². The highest BCUT2D eigenvalue weighted by atomic mass is 35.5. The maximum absolute atomic E-state index is 14.4. The first-order valence-electron chi connectivity index (χ1n) is 9.70. The van der Waals surface area contributed by atoms with Crippen molar-refractivity contribution in [3.05, 3.63) is 51.8 Å². The Labute approximate surface area is 202 Å². The van der Waals surface area contributed by atoms with E-state index in [0.717, 1.165) is 24.5 Å². The van der Waals surface area contributed by atoms with E-state index in [1.54, 1.807) is 4.72 Å². The SMILES string of the molecule is CS(=O)(=O)NC(=O)c1cc(Cl)c(O[C@@H]2CCCN(c3ccc(OC(F)(F)F)c(Cl)c3)C2)cc1F. The molecule has 14 heteroatoms. The summed E-state index contributed by atoms with van der Waals surface area (Å²) in [6.45, 7) is 0.867. The second-order valence-electron chi connectivity index (χ2n) is 7.46. The van der Waals surface area contributed by atoms with Gasteiger partial charge in [-0.15, -0.1) is 13.2 Å². The van der Waals surface area contributed by atoms with Gasteiger partial charge >= 0.3 is 6.36 Å². The normalized spacial score (nSPS) is 16.8. The minimum atomic E-state index is -4.87. The number of anilines is 1. The number of carbonyl (C=O) groups is 1. The van der Waals surface area contributed by atoms with Crippen LogP contribution in [0.15, 0.2) is 30.3 Å². The molecule has 0 bridgehead atoms. The molecule has 0 spiro atoms. The number of amides is 1. The number of hydrogen-bond acceptors (Lipinski definition) is 6. The van der Waals surface area contributed by atoms with E-state index in [4.69, 9.17) is 27.9 Å². The Kier molecular flexibility index (Phi) is 7.73. The van der Waals surface area contributed by atoms with Crippen molar-refractivity contribution >= 4 is 44.8 Å². The van der Waals surface area contributed by atoms with Crippen LogP contribution in [0.3, 0.4) is 0 Å². The number of nitrogens with one attached hydrogen (secondary N) is 1. The minimum Gasteiger partial charge on any atom is -0.487 e. The molecule has 0 radical (unpaired) electrons. The minimum absolute atomic E-state index is 0.0473. The summed E-state index contributed by atoms with van der Waals surface area (Å²) in [5, 5.41) is -0.320. The molecule has 1 aliphatic rings. The van der Waals surface area contributed by atoms with Crippen molar-refractivity contribution in [3.63, 3.8) is 0 Å². The lowest BCUT2D eigenvalue weighted by molar-refractivity contribution is -0.274. The van der Waals surface area contributed by atoms with Crippen molar-refractivity contribution in [2.75, 3.05) is 24.2 Å². The van der Waals surface area contributed by atoms with Gasteiger partial charge in [-0.1, -0.05) is 23.2 Å². The molecule has 34 heavy (non-hydrogen) atoms. The number of ether oxygens (including phenoxy) is 2. The lowest BCUT2D eigenvalue weighted by Crippen LogP contribution is -2.41. The summed E-state index contributed by atoms with van der Waals surface area (Å²) in [5.74, 6) is -2.77. The predicted octanol–water partition coefficient (Wildman–Crippen LogP) is 4.77. The summed E-state index contributed by atoms with van der Waals surface area (Å²) in [6.07, 6.45) is -3.36. The number of rotatable bonds is 6. The molecule has 1 atom stereocenters. The largest absolute Gasteiger partial charge is 0.573 e. The highest BCUT2D eigenvalue weighted by Crippen LogP contribution is 2.35. The molecule has 3 rings (SSSR count). The quantitative estimate of drug-likeness (QED) is 0.527. The molecule has 2 aromatic carbocycles. The van der Waals surface area contributed by atoms with Gasteiger partial charge < -0.3 is 14.4 Å². The van der Waals surface area contributed by atoms with Crippen LogP contribution >= 0.6 is 23.2 Å². The van der Waals surface area contributed by atoms with Crippen LogP contribution in [0.4, 0.5) is 23.2 Å². The average Bonchev–Trinajstić information content (AvgIpc) is 2.70. The van der Waals surface area contributed by atoms with Gasteiger partial charge in [0.2, 0.25) is 10.0 Å². The van der Waals surface area contributed by atoms with Gasteiger partial charge in [-0.05, 0) is 37.1 Å². The molecule has 2 aromatic rings. The molecule has 1 N–H and O–H groups in total. The van der Waals surface area contributed by atoms with Gasteiger partial charge in [0.1, 0.15) is 23.4 Å². The van der Waals surface area contributed by atoms with Crippen molar-refractivity contribution in [1.82, 2.24) is 4.72 Å². The number of sulfonamides is 1. The molecule has 1 fully saturated rings. The number of benzene rings is 2. The third kappa shape index (κ3) is 7.03. The van der Waals surface area contributed by atoms with Crippen molar-refractivity contribution in [2.24, 2.45) is 0 Å². The molecular weight excluding hydrogens is 527 g/mol. The van der Waals surface area contributed by atoms with Crippen LogP contribution in [0.2, 0.25) is 10.0 Å². The zero-order chi connectivity index (χ0) is 25.3. The van der Waals surface area contributed by atoms with E-state index in [0.29, 0.717) is 31.6 Å². The van der Waals surface area contributed by atoms with E-state index in [1.165, 1.54) is 12.1 Å². The van der Waals surface area contributed by atoms with Gasteiger partial charge in [-0.25, -0.2) is 17.5 Å². The second kappa shape index (κ2) is 10.0. The number of piperidine rings is 1.